The number of hydrogen-bond donors (Lipinski definition) is 2. The van der Waals surface area contributed by atoms with Crippen molar-refractivity contribution in [3.8, 4) is 0 Å². The molecule has 5 nitrogen and oxygen atoms in total. The molecule has 1 saturated carbocycles. The summed E-state index contributed by atoms with van der Waals surface area (Å²) in [7, 11) is 0. The molecule has 2 saturated heterocycles. The van der Waals surface area contributed by atoms with Gasteiger partial charge in [0.1, 0.15) is 0 Å². The zero-order valence-corrected chi connectivity index (χ0v) is 12.3. The van der Waals surface area contributed by atoms with Crippen molar-refractivity contribution in [3.05, 3.63) is 0 Å². The van der Waals surface area contributed by atoms with Gasteiger partial charge in [-0.05, 0) is 50.7 Å². The highest BCUT2D eigenvalue weighted by Crippen LogP contribution is 2.58. The molecule has 1 spiro atoms. The molecule has 2 heterocycles. The minimum atomic E-state index is 0.299. The van der Waals surface area contributed by atoms with Gasteiger partial charge in [-0.1, -0.05) is 0 Å². The Bertz CT molecular complexity index is 336. The number of ether oxygens (including phenoxy) is 1. The van der Waals surface area contributed by atoms with E-state index in [2.05, 4.69) is 15.5 Å². The summed E-state index contributed by atoms with van der Waals surface area (Å²) in [5, 5.41) is 6.52. The monoisotopic (exact) mass is 281 g/mol. The maximum Gasteiger partial charge on any atom is 0.223 e. The van der Waals surface area contributed by atoms with Crippen molar-refractivity contribution in [1.29, 1.82) is 0 Å². The lowest BCUT2D eigenvalue weighted by Crippen LogP contribution is -2.38. The van der Waals surface area contributed by atoms with Gasteiger partial charge in [0, 0.05) is 25.6 Å². The second-order valence-electron chi connectivity index (χ2n) is 6.47. The molecule has 5 heteroatoms. The van der Waals surface area contributed by atoms with E-state index in [4.69, 9.17) is 4.74 Å². The van der Waals surface area contributed by atoms with E-state index in [1.807, 2.05) is 0 Å². The van der Waals surface area contributed by atoms with Crippen molar-refractivity contribution in [2.45, 2.75) is 25.7 Å². The normalized spacial score (nSPS) is 29.3. The highest BCUT2D eigenvalue weighted by Gasteiger charge is 2.57. The molecule has 2 aliphatic heterocycles. The average Bonchev–Trinajstić information content (AvgIpc) is 3.19. The zero-order valence-electron chi connectivity index (χ0n) is 12.3. The third kappa shape index (κ3) is 3.32. The molecule has 0 radical (unpaired) electrons. The number of morpholine rings is 1. The van der Waals surface area contributed by atoms with Crippen molar-refractivity contribution >= 4 is 5.91 Å². The summed E-state index contributed by atoms with van der Waals surface area (Å²) in [6.45, 7) is 7.83. The molecule has 0 aromatic rings. The van der Waals surface area contributed by atoms with Crippen LogP contribution in [-0.2, 0) is 9.53 Å². The van der Waals surface area contributed by atoms with Crippen molar-refractivity contribution in [2.75, 3.05) is 52.5 Å². The summed E-state index contributed by atoms with van der Waals surface area (Å²) in [5.74, 6) is 0.599. The highest BCUT2D eigenvalue weighted by molar-refractivity contribution is 5.82. The number of rotatable bonds is 5. The Morgan fingerprint density at radius 2 is 2.05 bits per heavy atom. The van der Waals surface area contributed by atoms with Crippen LogP contribution in [0.5, 0.6) is 0 Å². The Morgan fingerprint density at radius 3 is 2.80 bits per heavy atom. The van der Waals surface area contributed by atoms with Gasteiger partial charge in [0.2, 0.25) is 5.91 Å². The van der Waals surface area contributed by atoms with Crippen LogP contribution in [0.1, 0.15) is 25.7 Å². The smallest absolute Gasteiger partial charge is 0.223 e. The summed E-state index contributed by atoms with van der Waals surface area (Å²) < 4.78 is 5.33. The van der Waals surface area contributed by atoms with Crippen molar-refractivity contribution in [1.82, 2.24) is 15.5 Å². The van der Waals surface area contributed by atoms with E-state index in [1.54, 1.807) is 0 Å². The molecular weight excluding hydrogens is 254 g/mol. The maximum absolute atomic E-state index is 12.2. The Morgan fingerprint density at radius 1 is 1.30 bits per heavy atom. The molecule has 1 unspecified atom stereocenters. The van der Waals surface area contributed by atoms with Crippen molar-refractivity contribution in [3.63, 3.8) is 0 Å². The number of piperidine rings is 1. The van der Waals surface area contributed by atoms with E-state index in [1.165, 1.54) is 12.8 Å². The quantitative estimate of drug-likeness (QED) is 0.708. The first-order valence-electron chi connectivity index (χ1n) is 8.09. The molecule has 0 aromatic heterocycles. The molecule has 0 aromatic carbocycles. The van der Waals surface area contributed by atoms with Gasteiger partial charge in [-0.25, -0.2) is 0 Å². The summed E-state index contributed by atoms with van der Waals surface area (Å²) in [5.41, 5.74) is 0.361. The lowest BCUT2D eigenvalue weighted by molar-refractivity contribution is -0.123. The topological polar surface area (TPSA) is 53.6 Å². The summed E-state index contributed by atoms with van der Waals surface area (Å²) >= 11 is 0. The second-order valence-corrected chi connectivity index (χ2v) is 6.47. The maximum atomic E-state index is 12.2. The molecule has 114 valence electrons. The third-order valence-corrected chi connectivity index (χ3v) is 5.16. The van der Waals surface area contributed by atoms with Gasteiger partial charge in [0.25, 0.3) is 0 Å². The molecule has 1 aliphatic carbocycles. The third-order valence-electron chi connectivity index (χ3n) is 5.16. The number of amides is 1. The first-order chi connectivity index (χ1) is 9.80. The largest absolute Gasteiger partial charge is 0.379 e. The molecule has 3 aliphatic rings. The second kappa shape index (κ2) is 6.41. The average molecular weight is 281 g/mol. The number of hydrogen-bond acceptors (Lipinski definition) is 4. The Kier molecular flexibility index (Phi) is 4.58. The minimum absolute atomic E-state index is 0.299. The molecule has 0 bridgehead atoms. The van der Waals surface area contributed by atoms with Gasteiger partial charge in [-0.15, -0.1) is 0 Å². The van der Waals surface area contributed by atoms with Gasteiger partial charge in [-0.2, -0.15) is 0 Å². The fourth-order valence-corrected chi connectivity index (χ4v) is 3.66. The molecular formula is C15H27N3O2. The molecule has 3 fully saturated rings. The fraction of sp³-hybridized carbons (Fsp3) is 0.933. The number of nitrogens with one attached hydrogen (secondary N) is 2. The molecule has 2 N–H and O–H groups in total. The van der Waals surface area contributed by atoms with Crippen molar-refractivity contribution in [2.24, 2.45) is 11.3 Å². The van der Waals surface area contributed by atoms with E-state index in [0.717, 1.165) is 65.3 Å². The van der Waals surface area contributed by atoms with Gasteiger partial charge in [0.05, 0.1) is 13.2 Å². The molecule has 1 atom stereocenters. The van der Waals surface area contributed by atoms with Crippen LogP contribution in [0.4, 0.5) is 0 Å². The first kappa shape index (κ1) is 14.3. The van der Waals surface area contributed by atoms with Crippen LogP contribution in [0, 0.1) is 11.3 Å². The van der Waals surface area contributed by atoms with E-state index in [9.17, 15) is 4.79 Å². The molecule has 3 rings (SSSR count). The van der Waals surface area contributed by atoms with Crippen LogP contribution < -0.4 is 10.6 Å². The van der Waals surface area contributed by atoms with Crippen LogP contribution in [-0.4, -0.2) is 63.3 Å². The standard InChI is InChI=1S/C15H27N3O2/c19-14(13-12-15(13)2-5-16-6-3-15)17-4-1-7-18-8-10-20-11-9-18/h13,16H,1-12H2,(H,17,19). The molecule has 1 amide bonds. The van der Waals surface area contributed by atoms with E-state index in [-0.39, 0.29) is 0 Å². The predicted molar refractivity (Wildman–Crippen MR) is 77.5 cm³/mol. The van der Waals surface area contributed by atoms with Gasteiger partial charge >= 0.3 is 0 Å². The number of carbonyl (C=O) groups is 1. The first-order valence-corrected chi connectivity index (χ1v) is 8.09. The van der Waals surface area contributed by atoms with Crippen LogP contribution in [0.15, 0.2) is 0 Å². The number of carbonyl (C=O) groups excluding carboxylic acids is 1. The van der Waals surface area contributed by atoms with Gasteiger partial charge in [0.15, 0.2) is 0 Å². The molecule has 20 heavy (non-hydrogen) atoms. The SMILES string of the molecule is O=C(NCCCN1CCOCC1)C1CC12CCNCC2. The summed E-state index contributed by atoms with van der Waals surface area (Å²) in [6.07, 6.45) is 4.52. The number of nitrogens with zero attached hydrogens (tertiary/aromatic N) is 1. The Balaban J connectivity index is 1.30. The van der Waals surface area contributed by atoms with E-state index >= 15 is 0 Å². The predicted octanol–water partition coefficient (Wildman–Crippen LogP) is 0.215. The van der Waals surface area contributed by atoms with E-state index < -0.39 is 0 Å². The van der Waals surface area contributed by atoms with Crippen LogP contribution in [0.2, 0.25) is 0 Å². The van der Waals surface area contributed by atoms with E-state index in [0.29, 0.717) is 17.2 Å². The zero-order chi connectivity index (χ0) is 13.8. The van der Waals surface area contributed by atoms with Crippen LogP contribution in [0.3, 0.4) is 0 Å². The van der Waals surface area contributed by atoms with Gasteiger partial charge < -0.3 is 15.4 Å². The Labute approximate surface area is 121 Å². The van der Waals surface area contributed by atoms with Gasteiger partial charge in [-0.3, -0.25) is 9.69 Å². The van der Waals surface area contributed by atoms with Crippen LogP contribution >= 0.6 is 0 Å². The highest BCUT2D eigenvalue weighted by atomic mass is 16.5. The van der Waals surface area contributed by atoms with Crippen LogP contribution in [0.25, 0.3) is 0 Å². The minimum Gasteiger partial charge on any atom is -0.379 e. The fourth-order valence-electron chi connectivity index (χ4n) is 3.66. The summed E-state index contributed by atoms with van der Waals surface area (Å²) in [6, 6.07) is 0. The lowest BCUT2D eigenvalue weighted by atomic mass is 9.92. The lowest BCUT2D eigenvalue weighted by Gasteiger charge is -2.26. The van der Waals surface area contributed by atoms with Crippen molar-refractivity contribution < 1.29 is 9.53 Å². The Hall–Kier alpha value is -0.650. The summed E-state index contributed by atoms with van der Waals surface area (Å²) in [4.78, 5) is 14.6.